The van der Waals surface area contributed by atoms with Crippen LogP contribution in [0.4, 0.5) is 0 Å². The van der Waals surface area contributed by atoms with Gasteiger partial charge in [-0.15, -0.1) is 0 Å². The van der Waals surface area contributed by atoms with Crippen molar-refractivity contribution in [2.75, 3.05) is 20.1 Å². The average molecular weight is 284 g/mol. The smallest absolute Gasteiger partial charge is 0.122 e. The Balaban J connectivity index is 1.67. The molecule has 1 aliphatic heterocycles. The Hall–Kier alpha value is -1.65. The molecule has 0 bridgehead atoms. The second-order valence-corrected chi connectivity index (χ2v) is 5.71. The lowest BCUT2D eigenvalue weighted by atomic mass is 10.0. The third-order valence-corrected chi connectivity index (χ3v) is 4.40. The molecule has 0 aliphatic carbocycles. The maximum absolute atomic E-state index is 4.44. The molecule has 4 nitrogen and oxygen atoms in total. The maximum atomic E-state index is 4.44. The summed E-state index contributed by atoms with van der Waals surface area (Å²) in [5.74, 6) is 1.18. The topological polar surface area (TPSA) is 33.1 Å². The van der Waals surface area contributed by atoms with Crippen molar-refractivity contribution in [2.24, 2.45) is 0 Å². The van der Waals surface area contributed by atoms with Gasteiger partial charge in [0.2, 0.25) is 0 Å². The van der Waals surface area contributed by atoms with E-state index in [-0.39, 0.29) is 0 Å². The lowest BCUT2D eigenvalue weighted by molar-refractivity contribution is 0.197. The predicted molar refractivity (Wildman–Crippen MR) is 85.1 cm³/mol. The van der Waals surface area contributed by atoms with Crippen LogP contribution in [-0.4, -0.2) is 34.6 Å². The minimum atomic E-state index is 0.373. The van der Waals surface area contributed by atoms with Crippen molar-refractivity contribution >= 4 is 0 Å². The lowest BCUT2D eigenvalue weighted by Crippen LogP contribution is -2.39. The summed E-state index contributed by atoms with van der Waals surface area (Å²) in [6.07, 6.45) is 5.07. The number of fused-ring (bicyclic) bond motifs is 1. The molecule has 0 spiro atoms. The van der Waals surface area contributed by atoms with Crippen molar-refractivity contribution in [3.05, 3.63) is 53.6 Å². The van der Waals surface area contributed by atoms with Crippen LogP contribution < -0.4 is 5.32 Å². The molecule has 1 atom stereocenters. The standard InChI is InChI=1S/C17H24N4/c1-3-14-4-6-15(7-5-14)16(18-2)12-20-10-11-21-9-8-19-17(21)13-20/h4-9,16,18H,3,10-13H2,1-2H3. The Kier molecular flexibility index (Phi) is 4.36. The van der Waals surface area contributed by atoms with Crippen LogP contribution in [0.2, 0.25) is 0 Å². The summed E-state index contributed by atoms with van der Waals surface area (Å²) < 4.78 is 2.25. The van der Waals surface area contributed by atoms with Crippen LogP contribution in [0.15, 0.2) is 36.7 Å². The van der Waals surface area contributed by atoms with Crippen LogP contribution >= 0.6 is 0 Å². The van der Waals surface area contributed by atoms with Gasteiger partial charge in [-0.3, -0.25) is 4.90 Å². The van der Waals surface area contributed by atoms with E-state index >= 15 is 0 Å². The SMILES string of the molecule is CCc1ccc(C(CN2CCn3ccnc3C2)NC)cc1. The fourth-order valence-corrected chi connectivity index (χ4v) is 2.99. The number of nitrogens with one attached hydrogen (secondary N) is 1. The zero-order chi connectivity index (χ0) is 14.7. The summed E-state index contributed by atoms with van der Waals surface area (Å²) >= 11 is 0. The molecule has 112 valence electrons. The van der Waals surface area contributed by atoms with E-state index in [0.29, 0.717) is 6.04 Å². The molecule has 3 rings (SSSR count). The molecule has 1 N–H and O–H groups in total. The molecule has 0 fully saturated rings. The van der Waals surface area contributed by atoms with E-state index in [1.54, 1.807) is 0 Å². The summed E-state index contributed by atoms with van der Waals surface area (Å²) in [7, 11) is 2.04. The van der Waals surface area contributed by atoms with Gasteiger partial charge in [0, 0.05) is 38.1 Å². The van der Waals surface area contributed by atoms with E-state index < -0.39 is 0 Å². The molecule has 0 saturated heterocycles. The Morgan fingerprint density at radius 3 is 2.76 bits per heavy atom. The fraction of sp³-hybridized carbons (Fsp3) is 0.471. The van der Waals surface area contributed by atoms with E-state index in [1.165, 1.54) is 17.0 Å². The first-order chi connectivity index (χ1) is 10.3. The molecule has 1 aromatic carbocycles. The molecule has 2 heterocycles. The van der Waals surface area contributed by atoms with Gasteiger partial charge >= 0.3 is 0 Å². The number of rotatable bonds is 5. The lowest BCUT2D eigenvalue weighted by Gasteiger charge is -2.31. The Morgan fingerprint density at radius 2 is 2.05 bits per heavy atom. The second kappa shape index (κ2) is 6.41. The van der Waals surface area contributed by atoms with Crippen LogP contribution in [0.25, 0.3) is 0 Å². The van der Waals surface area contributed by atoms with Crippen molar-refractivity contribution in [2.45, 2.75) is 32.5 Å². The van der Waals surface area contributed by atoms with Crippen molar-refractivity contribution < 1.29 is 0 Å². The molecule has 2 aromatic rings. The number of imidazole rings is 1. The molecule has 1 aromatic heterocycles. The molecule has 0 saturated carbocycles. The molecular weight excluding hydrogens is 260 g/mol. The van der Waals surface area contributed by atoms with E-state index in [0.717, 1.165) is 32.6 Å². The molecular formula is C17H24N4. The van der Waals surface area contributed by atoms with Crippen LogP contribution in [0.5, 0.6) is 0 Å². The molecule has 4 heteroatoms. The first-order valence-corrected chi connectivity index (χ1v) is 7.78. The molecule has 0 radical (unpaired) electrons. The van der Waals surface area contributed by atoms with Gasteiger partial charge < -0.3 is 9.88 Å². The molecule has 1 unspecified atom stereocenters. The Morgan fingerprint density at radius 1 is 1.24 bits per heavy atom. The average Bonchev–Trinajstić information content (AvgIpc) is 3.00. The summed E-state index contributed by atoms with van der Waals surface area (Å²) in [6.45, 7) is 6.29. The molecule has 21 heavy (non-hydrogen) atoms. The zero-order valence-electron chi connectivity index (χ0n) is 12.9. The van der Waals surface area contributed by atoms with Gasteiger partial charge in [0.1, 0.15) is 5.82 Å². The molecule has 0 amide bonds. The highest BCUT2D eigenvalue weighted by Gasteiger charge is 2.20. The fourth-order valence-electron chi connectivity index (χ4n) is 2.99. The largest absolute Gasteiger partial charge is 0.333 e. The number of aromatic nitrogens is 2. The van der Waals surface area contributed by atoms with E-state index in [1.807, 2.05) is 13.2 Å². The van der Waals surface area contributed by atoms with Crippen molar-refractivity contribution in [1.82, 2.24) is 19.8 Å². The van der Waals surface area contributed by atoms with Gasteiger partial charge in [0.15, 0.2) is 0 Å². The van der Waals surface area contributed by atoms with Gasteiger partial charge in [0.05, 0.1) is 6.54 Å². The summed E-state index contributed by atoms with van der Waals surface area (Å²) in [6, 6.07) is 9.36. The molecule has 1 aliphatic rings. The van der Waals surface area contributed by atoms with Gasteiger partial charge in [-0.1, -0.05) is 31.2 Å². The van der Waals surface area contributed by atoms with Gasteiger partial charge in [0.25, 0.3) is 0 Å². The first-order valence-electron chi connectivity index (χ1n) is 7.78. The third kappa shape index (κ3) is 3.17. The van der Waals surface area contributed by atoms with Crippen LogP contribution in [0, 0.1) is 0 Å². The Labute approximate surface area is 126 Å². The zero-order valence-corrected chi connectivity index (χ0v) is 12.9. The summed E-state index contributed by atoms with van der Waals surface area (Å²) in [5.41, 5.74) is 2.76. The number of hydrogen-bond acceptors (Lipinski definition) is 3. The van der Waals surface area contributed by atoms with Crippen LogP contribution in [0.3, 0.4) is 0 Å². The van der Waals surface area contributed by atoms with Gasteiger partial charge in [-0.05, 0) is 24.6 Å². The monoisotopic (exact) mass is 284 g/mol. The number of likely N-dealkylation sites (N-methyl/N-ethyl adjacent to an activating group) is 1. The highest BCUT2D eigenvalue weighted by molar-refractivity contribution is 5.25. The summed E-state index contributed by atoms with van der Waals surface area (Å²) in [5, 5.41) is 3.45. The number of benzene rings is 1. The predicted octanol–water partition coefficient (Wildman–Crippen LogP) is 2.22. The van der Waals surface area contributed by atoms with Gasteiger partial charge in [-0.25, -0.2) is 4.98 Å². The quantitative estimate of drug-likeness (QED) is 0.914. The number of aryl methyl sites for hydroxylation is 1. The van der Waals surface area contributed by atoms with E-state index in [9.17, 15) is 0 Å². The van der Waals surface area contributed by atoms with E-state index in [2.05, 4.69) is 57.2 Å². The van der Waals surface area contributed by atoms with E-state index in [4.69, 9.17) is 0 Å². The van der Waals surface area contributed by atoms with Crippen LogP contribution in [0.1, 0.15) is 29.9 Å². The number of nitrogens with zero attached hydrogens (tertiary/aromatic N) is 3. The second-order valence-electron chi connectivity index (χ2n) is 5.71. The van der Waals surface area contributed by atoms with Gasteiger partial charge in [-0.2, -0.15) is 0 Å². The first kappa shape index (κ1) is 14.3. The Bertz CT molecular complexity index is 573. The highest BCUT2D eigenvalue weighted by Crippen LogP contribution is 2.18. The summed E-state index contributed by atoms with van der Waals surface area (Å²) in [4.78, 5) is 6.92. The minimum absolute atomic E-state index is 0.373. The van der Waals surface area contributed by atoms with Crippen molar-refractivity contribution in [1.29, 1.82) is 0 Å². The highest BCUT2D eigenvalue weighted by atomic mass is 15.2. The normalized spacial score (nSPS) is 16.7. The van der Waals surface area contributed by atoms with Crippen molar-refractivity contribution in [3.63, 3.8) is 0 Å². The minimum Gasteiger partial charge on any atom is -0.333 e. The maximum Gasteiger partial charge on any atom is 0.122 e. The number of hydrogen-bond donors (Lipinski definition) is 1. The van der Waals surface area contributed by atoms with Crippen molar-refractivity contribution in [3.8, 4) is 0 Å². The third-order valence-electron chi connectivity index (χ3n) is 4.40. The van der Waals surface area contributed by atoms with Crippen LogP contribution in [-0.2, 0) is 19.5 Å².